The van der Waals surface area contributed by atoms with E-state index in [1.807, 2.05) is 0 Å². The molecule has 0 spiro atoms. The Labute approximate surface area is 122 Å². The van der Waals surface area contributed by atoms with Crippen molar-refractivity contribution in [3.05, 3.63) is 28.8 Å². The Balaban J connectivity index is 2.63. The molecular formula is C14H19ClF3NO. The van der Waals surface area contributed by atoms with Gasteiger partial charge in [-0.2, -0.15) is 13.2 Å². The van der Waals surface area contributed by atoms with Gasteiger partial charge in [0.05, 0.1) is 18.1 Å². The number of halogens is 4. The van der Waals surface area contributed by atoms with Crippen LogP contribution in [0.25, 0.3) is 0 Å². The molecule has 0 aliphatic rings. The number of benzene rings is 1. The lowest BCUT2D eigenvalue weighted by atomic mass is 10.1. The molecule has 0 amide bonds. The van der Waals surface area contributed by atoms with Crippen LogP contribution in [0.4, 0.5) is 13.2 Å². The molecule has 0 fully saturated rings. The van der Waals surface area contributed by atoms with E-state index in [0.29, 0.717) is 23.2 Å². The highest BCUT2D eigenvalue weighted by Gasteiger charge is 2.27. The molecule has 0 heterocycles. The van der Waals surface area contributed by atoms with E-state index in [1.54, 1.807) is 18.2 Å². The molecule has 1 N–H and O–H groups in total. The van der Waals surface area contributed by atoms with E-state index < -0.39 is 19.2 Å². The van der Waals surface area contributed by atoms with Crippen LogP contribution in [0.1, 0.15) is 25.8 Å². The van der Waals surface area contributed by atoms with Crippen molar-refractivity contribution in [1.82, 2.24) is 5.32 Å². The summed E-state index contributed by atoms with van der Waals surface area (Å²) >= 11 is 5.99. The maximum absolute atomic E-state index is 12.1. The standard InChI is InChI=1S/C14H19ClF3NO/c1-10(2)8-19-9-11-4-3-5-12(15)13(11)20-7-6-14(16,17)18/h3-5,10,19H,6-9H2,1-2H3. The van der Waals surface area contributed by atoms with E-state index in [2.05, 4.69) is 19.2 Å². The summed E-state index contributed by atoms with van der Waals surface area (Å²) in [5.41, 5.74) is 0.764. The summed E-state index contributed by atoms with van der Waals surface area (Å²) in [6.07, 6.45) is -5.21. The third-order valence-electron chi connectivity index (χ3n) is 2.55. The smallest absolute Gasteiger partial charge is 0.392 e. The molecule has 0 atom stereocenters. The first kappa shape index (κ1) is 17.1. The number of para-hydroxylation sites is 1. The molecule has 2 nitrogen and oxygen atoms in total. The Bertz CT molecular complexity index is 421. The van der Waals surface area contributed by atoms with Gasteiger partial charge in [0.15, 0.2) is 0 Å². The maximum atomic E-state index is 12.1. The van der Waals surface area contributed by atoms with Gasteiger partial charge in [-0.05, 0) is 18.5 Å². The SMILES string of the molecule is CC(C)CNCc1cccc(Cl)c1OCCC(F)(F)F. The highest BCUT2D eigenvalue weighted by molar-refractivity contribution is 6.32. The van der Waals surface area contributed by atoms with Gasteiger partial charge in [-0.3, -0.25) is 0 Å². The van der Waals surface area contributed by atoms with Crippen molar-refractivity contribution in [1.29, 1.82) is 0 Å². The van der Waals surface area contributed by atoms with Crippen LogP contribution in [0.15, 0.2) is 18.2 Å². The molecule has 0 bridgehead atoms. The van der Waals surface area contributed by atoms with Crippen LogP contribution in [-0.2, 0) is 6.54 Å². The van der Waals surface area contributed by atoms with E-state index in [0.717, 1.165) is 12.1 Å². The zero-order valence-corrected chi connectivity index (χ0v) is 12.3. The quantitative estimate of drug-likeness (QED) is 0.805. The summed E-state index contributed by atoms with van der Waals surface area (Å²) in [7, 11) is 0. The van der Waals surface area contributed by atoms with Crippen LogP contribution in [0.2, 0.25) is 5.02 Å². The van der Waals surface area contributed by atoms with Gasteiger partial charge in [-0.1, -0.05) is 37.6 Å². The molecule has 0 saturated heterocycles. The second kappa shape index (κ2) is 7.74. The third-order valence-corrected chi connectivity index (χ3v) is 2.85. The van der Waals surface area contributed by atoms with Gasteiger partial charge in [-0.25, -0.2) is 0 Å². The van der Waals surface area contributed by atoms with Gasteiger partial charge in [0.1, 0.15) is 5.75 Å². The second-order valence-corrected chi connectivity index (χ2v) is 5.37. The second-order valence-electron chi connectivity index (χ2n) is 4.97. The molecule has 114 valence electrons. The Morgan fingerprint density at radius 3 is 2.60 bits per heavy atom. The molecule has 6 heteroatoms. The predicted molar refractivity (Wildman–Crippen MR) is 74.2 cm³/mol. The highest BCUT2D eigenvalue weighted by atomic mass is 35.5. The Hall–Kier alpha value is -0.940. The van der Waals surface area contributed by atoms with Crippen LogP contribution in [0.3, 0.4) is 0 Å². The van der Waals surface area contributed by atoms with Crippen LogP contribution in [0.5, 0.6) is 5.75 Å². The van der Waals surface area contributed by atoms with Gasteiger partial charge >= 0.3 is 6.18 Å². The molecule has 1 aromatic carbocycles. The van der Waals surface area contributed by atoms with Gasteiger partial charge in [0.25, 0.3) is 0 Å². The van der Waals surface area contributed by atoms with Gasteiger partial charge < -0.3 is 10.1 Å². The van der Waals surface area contributed by atoms with E-state index in [1.165, 1.54) is 0 Å². The van der Waals surface area contributed by atoms with Gasteiger partial charge in [-0.15, -0.1) is 0 Å². The molecule has 20 heavy (non-hydrogen) atoms. The monoisotopic (exact) mass is 309 g/mol. The maximum Gasteiger partial charge on any atom is 0.392 e. The topological polar surface area (TPSA) is 21.3 Å². The molecular weight excluding hydrogens is 291 g/mol. The lowest BCUT2D eigenvalue weighted by molar-refractivity contribution is -0.139. The fourth-order valence-electron chi connectivity index (χ4n) is 1.62. The van der Waals surface area contributed by atoms with Crippen LogP contribution in [0, 0.1) is 5.92 Å². The number of alkyl halides is 3. The largest absolute Gasteiger partial charge is 0.491 e. The van der Waals surface area contributed by atoms with Crippen LogP contribution in [-0.4, -0.2) is 19.3 Å². The molecule has 0 aliphatic carbocycles. The van der Waals surface area contributed by atoms with E-state index in [-0.39, 0.29) is 0 Å². The number of hydrogen-bond donors (Lipinski definition) is 1. The minimum atomic E-state index is -4.22. The van der Waals surface area contributed by atoms with Gasteiger partial charge in [0, 0.05) is 12.1 Å². The lowest BCUT2D eigenvalue weighted by Crippen LogP contribution is -2.20. The van der Waals surface area contributed by atoms with E-state index in [9.17, 15) is 13.2 Å². The minimum absolute atomic E-state index is 0.328. The Morgan fingerprint density at radius 2 is 2.00 bits per heavy atom. The Kier molecular flexibility index (Phi) is 6.62. The van der Waals surface area contributed by atoms with Crippen molar-refractivity contribution in [3.63, 3.8) is 0 Å². The Morgan fingerprint density at radius 1 is 1.30 bits per heavy atom. The predicted octanol–water partition coefficient (Wildman–Crippen LogP) is 4.42. The number of ether oxygens (including phenoxy) is 1. The summed E-state index contributed by atoms with van der Waals surface area (Å²) in [6, 6.07) is 5.16. The number of rotatable bonds is 7. The van der Waals surface area contributed by atoms with Crippen molar-refractivity contribution in [2.45, 2.75) is 33.0 Å². The lowest BCUT2D eigenvalue weighted by Gasteiger charge is -2.15. The zero-order chi connectivity index (χ0) is 15.2. The summed E-state index contributed by atoms with van der Waals surface area (Å²) in [5, 5.41) is 3.54. The average molecular weight is 310 g/mol. The van der Waals surface area contributed by atoms with Crippen LogP contribution >= 0.6 is 11.6 Å². The fourth-order valence-corrected chi connectivity index (χ4v) is 1.87. The minimum Gasteiger partial charge on any atom is -0.491 e. The normalized spacial score (nSPS) is 11.9. The van der Waals surface area contributed by atoms with Crippen molar-refractivity contribution >= 4 is 11.6 Å². The highest BCUT2D eigenvalue weighted by Crippen LogP contribution is 2.29. The van der Waals surface area contributed by atoms with Crippen LogP contribution < -0.4 is 10.1 Å². The van der Waals surface area contributed by atoms with Crippen molar-refractivity contribution in [2.24, 2.45) is 5.92 Å². The number of nitrogens with one attached hydrogen (secondary N) is 1. The molecule has 0 unspecified atom stereocenters. The third kappa shape index (κ3) is 6.48. The van der Waals surface area contributed by atoms with E-state index >= 15 is 0 Å². The van der Waals surface area contributed by atoms with Crippen molar-refractivity contribution < 1.29 is 17.9 Å². The molecule has 1 rings (SSSR count). The summed E-state index contributed by atoms with van der Waals surface area (Å²) in [6.45, 7) is 5.05. The summed E-state index contributed by atoms with van der Waals surface area (Å²) in [4.78, 5) is 0. The molecule has 1 aromatic rings. The van der Waals surface area contributed by atoms with E-state index in [4.69, 9.17) is 16.3 Å². The molecule has 0 saturated carbocycles. The van der Waals surface area contributed by atoms with Gasteiger partial charge in [0.2, 0.25) is 0 Å². The molecule has 0 aromatic heterocycles. The fraction of sp³-hybridized carbons (Fsp3) is 0.571. The number of hydrogen-bond acceptors (Lipinski definition) is 2. The average Bonchev–Trinajstić information content (AvgIpc) is 2.30. The molecule has 0 radical (unpaired) electrons. The first-order valence-electron chi connectivity index (χ1n) is 6.47. The first-order chi connectivity index (χ1) is 9.29. The first-order valence-corrected chi connectivity index (χ1v) is 6.85. The molecule has 0 aliphatic heterocycles. The zero-order valence-electron chi connectivity index (χ0n) is 11.6. The van der Waals surface area contributed by atoms with Crippen molar-refractivity contribution in [3.8, 4) is 5.75 Å². The summed E-state index contributed by atoms with van der Waals surface area (Å²) < 4.78 is 41.6. The summed E-state index contributed by atoms with van der Waals surface area (Å²) in [5.74, 6) is 0.818. The van der Waals surface area contributed by atoms with Crippen molar-refractivity contribution in [2.75, 3.05) is 13.2 Å².